The van der Waals surface area contributed by atoms with Gasteiger partial charge in [-0.05, 0) is 46.3 Å². The van der Waals surface area contributed by atoms with Crippen LogP contribution in [-0.2, 0) is 6.54 Å². The van der Waals surface area contributed by atoms with Crippen molar-refractivity contribution >= 4 is 38.9 Å². The first-order valence-electron chi connectivity index (χ1n) is 5.59. The van der Waals surface area contributed by atoms with E-state index in [4.69, 9.17) is 11.6 Å². The lowest BCUT2D eigenvalue weighted by Crippen LogP contribution is -2.03. The molecule has 0 saturated heterocycles. The van der Waals surface area contributed by atoms with E-state index < -0.39 is 4.92 Å². The van der Waals surface area contributed by atoms with E-state index in [1.807, 2.05) is 0 Å². The average molecular weight is 360 g/mol. The smallest absolute Gasteiger partial charge is 0.275 e. The molecule has 0 aliphatic heterocycles. The molecule has 2 aromatic carbocycles. The Kier molecular flexibility index (Phi) is 4.57. The summed E-state index contributed by atoms with van der Waals surface area (Å²) in [7, 11) is 0. The number of anilines is 1. The second-order valence-electron chi connectivity index (χ2n) is 4.01. The predicted octanol–water partition coefficient (Wildman–Crippen LogP) is 4.76. The molecule has 0 radical (unpaired) electrons. The molecule has 0 fully saturated rings. The molecular formula is C13H9BrClFN2O2. The molecule has 0 bridgehead atoms. The summed E-state index contributed by atoms with van der Waals surface area (Å²) >= 11 is 8.82. The second kappa shape index (κ2) is 6.19. The molecule has 1 N–H and O–H groups in total. The van der Waals surface area contributed by atoms with Crippen LogP contribution in [0.2, 0.25) is 5.02 Å². The van der Waals surface area contributed by atoms with Crippen molar-refractivity contribution in [3.05, 3.63) is 67.4 Å². The van der Waals surface area contributed by atoms with Crippen molar-refractivity contribution in [2.24, 2.45) is 0 Å². The first-order valence-corrected chi connectivity index (χ1v) is 6.76. The summed E-state index contributed by atoms with van der Waals surface area (Å²) in [5, 5.41) is 14.3. The molecule has 0 unspecified atom stereocenters. The molecular weight excluding hydrogens is 351 g/mol. The van der Waals surface area contributed by atoms with E-state index >= 15 is 0 Å². The standard InChI is InChI=1S/C13H9BrClFN2O2/c14-11-6-10(3-4-12(11)16)17-7-8-1-2-9(15)5-13(8)18(19)20/h1-6,17H,7H2. The Balaban J connectivity index is 2.18. The number of nitrogens with one attached hydrogen (secondary N) is 1. The molecule has 0 aromatic heterocycles. The van der Waals surface area contributed by atoms with Gasteiger partial charge in [0, 0.05) is 28.9 Å². The Labute approximate surface area is 127 Å². The molecule has 4 nitrogen and oxygen atoms in total. The van der Waals surface area contributed by atoms with Crippen LogP contribution in [0.3, 0.4) is 0 Å². The van der Waals surface area contributed by atoms with Crippen LogP contribution in [0, 0.1) is 15.9 Å². The van der Waals surface area contributed by atoms with Crippen molar-refractivity contribution in [2.75, 3.05) is 5.32 Å². The van der Waals surface area contributed by atoms with Gasteiger partial charge in [-0.15, -0.1) is 0 Å². The number of nitro groups is 1. The fourth-order valence-electron chi connectivity index (χ4n) is 1.66. The van der Waals surface area contributed by atoms with Crippen molar-refractivity contribution in [3.8, 4) is 0 Å². The maximum Gasteiger partial charge on any atom is 0.275 e. The van der Waals surface area contributed by atoms with Crippen molar-refractivity contribution in [1.82, 2.24) is 0 Å². The quantitative estimate of drug-likeness (QED) is 0.632. The highest BCUT2D eigenvalue weighted by Crippen LogP contribution is 2.25. The minimum Gasteiger partial charge on any atom is -0.381 e. The number of benzene rings is 2. The first-order chi connectivity index (χ1) is 9.47. The van der Waals surface area contributed by atoms with Crippen molar-refractivity contribution < 1.29 is 9.31 Å². The topological polar surface area (TPSA) is 55.2 Å². The van der Waals surface area contributed by atoms with Gasteiger partial charge >= 0.3 is 0 Å². The van der Waals surface area contributed by atoms with Crippen molar-refractivity contribution in [1.29, 1.82) is 0 Å². The fraction of sp³-hybridized carbons (Fsp3) is 0.0769. The van der Waals surface area contributed by atoms with Crippen LogP contribution in [0.15, 0.2) is 40.9 Å². The van der Waals surface area contributed by atoms with Gasteiger partial charge in [0.2, 0.25) is 0 Å². The molecule has 2 rings (SSSR count). The van der Waals surface area contributed by atoms with Gasteiger partial charge in [-0.2, -0.15) is 0 Å². The summed E-state index contributed by atoms with van der Waals surface area (Å²) in [6, 6.07) is 8.92. The molecule has 0 aliphatic carbocycles. The van der Waals surface area contributed by atoms with Crippen LogP contribution in [0.1, 0.15) is 5.56 Å². The largest absolute Gasteiger partial charge is 0.381 e. The summed E-state index contributed by atoms with van der Waals surface area (Å²) in [6.45, 7) is 0.242. The SMILES string of the molecule is O=[N+]([O-])c1cc(Cl)ccc1CNc1ccc(F)c(Br)c1. The highest BCUT2D eigenvalue weighted by atomic mass is 79.9. The summed E-state index contributed by atoms with van der Waals surface area (Å²) in [4.78, 5) is 10.5. The summed E-state index contributed by atoms with van der Waals surface area (Å²) in [5.41, 5.74) is 1.11. The Bertz CT molecular complexity index is 667. The number of nitro benzene ring substituents is 1. The number of hydrogen-bond acceptors (Lipinski definition) is 3. The van der Waals surface area contributed by atoms with E-state index in [0.29, 0.717) is 20.7 Å². The molecule has 0 spiro atoms. The molecule has 0 saturated carbocycles. The minimum atomic E-state index is -0.483. The van der Waals surface area contributed by atoms with Gasteiger partial charge in [0.15, 0.2) is 0 Å². The zero-order chi connectivity index (χ0) is 14.7. The number of hydrogen-bond donors (Lipinski definition) is 1. The molecule has 2 aromatic rings. The van der Waals surface area contributed by atoms with Gasteiger partial charge in [0.05, 0.1) is 9.40 Å². The van der Waals surface area contributed by atoms with Crippen LogP contribution in [0.4, 0.5) is 15.8 Å². The molecule has 104 valence electrons. The third-order valence-corrected chi connectivity index (χ3v) is 3.49. The van der Waals surface area contributed by atoms with Gasteiger partial charge < -0.3 is 5.32 Å². The van der Waals surface area contributed by atoms with Gasteiger partial charge in [-0.3, -0.25) is 10.1 Å². The van der Waals surface area contributed by atoms with E-state index in [2.05, 4.69) is 21.2 Å². The zero-order valence-corrected chi connectivity index (χ0v) is 12.4. The van der Waals surface area contributed by atoms with E-state index in [1.54, 1.807) is 24.3 Å². The van der Waals surface area contributed by atoms with Crippen molar-refractivity contribution in [2.45, 2.75) is 6.54 Å². The molecule has 7 heteroatoms. The molecule has 20 heavy (non-hydrogen) atoms. The Morgan fingerprint density at radius 2 is 2.05 bits per heavy atom. The van der Waals surface area contributed by atoms with Gasteiger partial charge in [-0.25, -0.2) is 4.39 Å². The maximum atomic E-state index is 13.1. The van der Waals surface area contributed by atoms with Gasteiger partial charge in [-0.1, -0.05) is 11.6 Å². The van der Waals surface area contributed by atoms with Gasteiger partial charge in [0.25, 0.3) is 5.69 Å². The minimum absolute atomic E-state index is 0.0498. The highest BCUT2D eigenvalue weighted by molar-refractivity contribution is 9.10. The fourth-order valence-corrected chi connectivity index (χ4v) is 2.20. The number of nitrogens with zero attached hydrogens (tertiary/aromatic N) is 1. The summed E-state index contributed by atoms with van der Waals surface area (Å²) in [5.74, 6) is -0.368. The molecule has 0 amide bonds. The Morgan fingerprint density at radius 3 is 2.70 bits per heavy atom. The third kappa shape index (κ3) is 3.46. The zero-order valence-electron chi connectivity index (χ0n) is 10.1. The average Bonchev–Trinajstić information content (AvgIpc) is 2.41. The summed E-state index contributed by atoms with van der Waals surface area (Å²) < 4.78 is 13.4. The maximum absolute atomic E-state index is 13.1. The normalized spacial score (nSPS) is 10.3. The Morgan fingerprint density at radius 1 is 1.30 bits per heavy atom. The van der Waals surface area contributed by atoms with E-state index in [1.165, 1.54) is 12.1 Å². The lowest BCUT2D eigenvalue weighted by Gasteiger charge is -2.08. The van der Waals surface area contributed by atoms with Crippen LogP contribution in [0.25, 0.3) is 0 Å². The summed E-state index contributed by atoms with van der Waals surface area (Å²) in [6.07, 6.45) is 0. The van der Waals surface area contributed by atoms with Crippen molar-refractivity contribution in [3.63, 3.8) is 0 Å². The molecule has 0 atom stereocenters. The Hall–Kier alpha value is -1.66. The first kappa shape index (κ1) is 14.7. The van der Waals surface area contributed by atoms with Crippen LogP contribution in [0.5, 0.6) is 0 Å². The highest BCUT2D eigenvalue weighted by Gasteiger charge is 2.14. The van der Waals surface area contributed by atoms with E-state index in [9.17, 15) is 14.5 Å². The second-order valence-corrected chi connectivity index (χ2v) is 5.30. The molecule has 0 aliphatic rings. The van der Waals surface area contributed by atoms with E-state index in [0.717, 1.165) is 0 Å². The molecule has 0 heterocycles. The van der Waals surface area contributed by atoms with Crippen LogP contribution < -0.4 is 5.32 Å². The monoisotopic (exact) mass is 358 g/mol. The van der Waals surface area contributed by atoms with E-state index in [-0.39, 0.29) is 18.0 Å². The van der Waals surface area contributed by atoms with Crippen LogP contribution >= 0.6 is 27.5 Å². The lowest BCUT2D eigenvalue weighted by molar-refractivity contribution is -0.385. The van der Waals surface area contributed by atoms with Crippen LogP contribution in [-0.4, -0.2) is 4.92 Å². The number of rotatable bonds is 4. The third-order valence-electron chi connectivity index (χ3n) is 2.65. The predicted molar refractivity (Wildman–Crippen MR) is 79.5 cm³/mol. The van der Waals surface area contributed by atoms with Gasteiger partial charge in [0.1, 0.15) is 5.82 Å². The number of halogens is 3. The lowest BCUT2D eigenvalue weighted by atomic mass is 10.1.